The van der Waals surface area contributed by atoms with E-state index in [2.05, 4.69) is 11.0 Å². The van der Waals surface area contributed by atoms with Gasteiger partial charge in [0.2, 0.25) is 0 Å². The minimum absolute atomic E-state index is 0.311. The van der Waals surface area contributed by atoms with E-state index in [9.17, 15) is 0 Å². The van der Waals surface area contributed by atoms with Crippen LogP contribution in [0.25, 0.3) is 0 Å². The minimum Gasteiger partial charge on any atom is -0.368 e. The van der Waals surface area contributed by atoms with Crippen molar-refractivity contribution in [1.29, 1.82) is 5.26 Å². The van der Waals surface area contributed by atoms with Gasteiger partial charge in [-0.15, -0.1) is 0 Å². The van der Waals surface area contributed by atoms with E-state index in [0.717, 1.165) is 24.2 Å². The van der Waals surface area contributed by atoms with Gasteiger partial charge in [-0.2, -0.15) is 5.26 Å². The topological polar surface area (TPSA) is 53.0 Å². The van der Waals surface area contributed by atoms with Crippen molar-refractivity contribution in [2.45, 2.75) is 13.0 Å². The van der Waals surface area contributed by atoms with Gasteiger partial charge in [0.25, 0.3) is 0 Å². The van der Waals surface area contributed by atoms with Crippen molar-refractivity contribution < 1.29 is 0 Å². The zero-order chi connectivity index (χ0) is 10.1. The lowest BCUT2D eigenvalue weighted by Gasteiger charge is -2.39. The Balaban J connectivity index is 2.22. The van der Waals surface area contributed by atoms with Crippen molar-refractivity contribution >= 4 is 5.69 Å². The van der Waals surface area contributed by atoms with Crippen molar-refractivity contribution in [3.63, 3.8) is 0 Å². The van der Waals surface area contributed by atoms with Crippen molar-refractivity contribution in [2.24, 2.45) is 5.73 Å². The normalized spacial score (nSPS) is 16.2. The molecule has 3 heteroatoms. The Hall–Kier alpha value is -1.53. The highest BCUT2D eigenvalue weighted by Gasteiger charge is 2.23. The van der Waals surface area contributed by atoms with E-state index < -0.39 is 0 Å². The molecule has 1 heterocycles. The summed E-state index contributed by atoms with van der Waals surface area (Å²) in [6, 6.07) is 8.37. The van der Waals surface area contributed by atoms with Crippen LogP contribution in [0.2, 0.25) is 0 Å². The molecule has 0 amide bonds. The summed E-state index contributed by atoms with van der Waals surface area (Å²) < 4.78 is 0. The smallest absolute Gasteiger partial charge is 0.0994 e. The van der Waals surface area contributed by atoms with E-state index in [1.54, 1.807) is 0 Å². The molecular formula is C11H13N3. The predicted molar refractivity (Wildman–Crippen MR) is 56.1 cm³/mol. The van der Waals surface area contributed by atoms with Crippen molar-refractivity contribution in [2.75, 3.05) is 18.0 Å². The van der Waals surface area contributed by atoms with Gasteiger partial charge in [-0.3, -0.25) is 0 Å². The molecule has 2 rings (SSSR count). The molecule has 0 aliphatic carbocycles. The number of hydrogen-bond acceptors (Lipinski definition) is 3. The van der Waals surface area contributed by atoms with Gasteiger partial charge in [0.05, 0.1) is 11.6 Å². The Kier molecular flexibility index (Phi) is 2.14. The molecule has 1 saturated heterocycles. The molecule has 1 aromatic rings. The number of aryl methyl sites for hydroxylation is 1. The second kappa shape index (κ2) is 3.32. The third-order valence-electron chi connectivity index (χ3n) is 2.61. The van der Waals surface area contributed by atoms with E-state index in [1.807, 2.05) is 25.1 Å². The van der Waals surface area contributed by atoms with Crippen LogP contribution in [0.5, 0.6) is 0 Å². The third kappa shape index (κ3) is 1.45. The number of benzene rings is 1. The maximum atomic E-state index is 8.78. The molecule has 0 radical (unpaired) electrons. The summed E-state index contributed by atoms with van der Waals surface area (Å²) >= 11 is 0. The lowest BCUT2D eigenvalue weighted by Crippen LogP contribution is -2.55. The quantitative estimate of drug-likeness (QED) is 0.714. The second-order valence-electron chi connectivity index (χ2n) is 3.78. The first kappa shape index (κ1) is 9.04. The monoisotopic (exact) mass is 187 g/mol. The summed E-state index contributed by atoms with van der Waals surface area (Å²) in [7, 11) is 0. The fraction of sp³-hybridized carbons (Fsp3) is 0.364. The van der Waals surface area contributed by atoms with Crippen LogP contribution in [0, 0.1) is 18.3 Å². The van der Waals surface area contributed by atoms with Crippen LogP contribution in [0.4, 0.5) is 5.69 Å². The number of nitrogens with two attached hydrogens (primary N) is 1. The van der Waals surface area contributed by atoms with Gasteiger partial charge in [-0.1, -0.05) is 0 Å². The van der Waals surface area contributed by atoms with E-state index in [-0.39, 0.29) is 0 Å². The van der Waals surface area contributed by atoms with Crippen molar-refractivity contribution in [3.05, 3.63) is 29.3 Å². The first-order valence-electron chi connectivity index (χ1n) is 4.72. The van der Waals surface area contributed by atoms with E-state index in [1.165, 1.54) is 5.69 Å². The zero-order valence-electron chi connectivity index (χ0n) is 8.20. The second-order valence-corrected chi connectivity index (χ2v) is 3.78. The highest BCUT2D eigenvalue weighted by molar-refractivity contribution is 5.55. The maximum absolute atomic E-state index is 8.78. The van der Waals surface area contributed by atoms with Crippen molar-refractivity contribution in [1.82, 2.24) is 0 Å². The van der Waals surface area contributed by atoms with Crippen LogP contribution in [0.15, 0.2) is 18.2 Å². The Morgan fingerprint density at radius 1 is 1.50 bits per heavy atom. The zero-order valence-corrected chi connectivity index (χ0v) is 8.20. The molecular weight excluding hydrogens is 174 g/mol. The molecule has 3 nitrogen and oxygen atoms in total. The number of nitriles is 1. The van der Waals surface area contributed by atoms with Gasteiger partial charge in [0.15, 0.2) is 0 Å². The first-order chi connectivity index (χ1) is 6.70. The van der Waals surface area contributed by atoms with Crippen LogP contribution in [0.3, 0.4) is 0 Å². The standard InChI is InChI=1S/C11H13N3/c1-8-4-11(3-2-9(8)5-12)14-6-10(13)7-14/h2-4,10H,6-7,13H2,1H3. The molecule has 1 aliphatic heterocycles. The summed E-state index contributed by atoms with van der Waals surface area (Å²) in [6.45, 7) is 3.80. The first-order valence-corrected chi connectivity index (χ1v) is 4.72. The average molecular weight is 187 g/mol. The SMILES string of the molecule is Cc1cc(N2CC(N)C2)ccc1C#N. The number of rotatable bonds is 1. The molecule has 0 aromatic heterocycles. The Morgan fingerprint density at radius 3 is 2.71 bits per heavy atom. The highest BCUT2D eigenvalue weighted by atomic mass is 15.2. The van der Waals surface area contributed by atoms with Crippen LogP contribution in [-0.2, 0) is 0 Å². The van der Waals surface area contributed by atoms with Gasteiger partial charge in [-0.25, -0.2) is 0 Å². The lowest BCUT2D eigenvalue weighted by molar-refractivity contribution is 0.519. The summed E-state index contributed by atoms with van der Waals surface area (Å²) in [4.78, 5) is 2.22. The molecule has 0 saturated carbocycles. The number of hydrogen-bond donors (Lipinski definition) is 1. The minimum atomic E-state index is 0.311. The average Bonchev–Trinajstić information content (AvgIpc) is 2.13. The molecule has 1 fully saturated rings. The van der Waals surface area contributed by atoms with Gasteiger partial charge in [0.1, 0.15) is 0 Å². The van der Waals surface area contributed by atoms with Crippen LogP contribution in [0.1, 0.15) is 11.1 Å². The molecule has 72 valence electrons. The molecule has 0 atom stereocenters. The molecule has 2 N–H and O–H groups in total. The summed E-state index contributed by atoms with van der Waals surface area (Å²) in [6.07, 6.45) is 0. The van der Waals surface area contributed by atoms with Crippen molar-refractivity contribution in [3.8, 4) is 6.07 Å². The lowest BCUT2D eigenvalue weighted by atomic mass is 10.0. The summed E-state index contributed by atoms with van der Waals surface area (Å²) in [5.41, 5.74) is 8.66. The Labute approximate surface area is 83.7 Å². The fourth-order valence-electron chi connectivity index (χ4n) is 1.69. The van der Waals surface area contributed by atoms with E-state index >= 15 is 0 Å². The summed E-state index contributed by atoms with van der Waals surface area (Å²) in [5.74, 6) is 0. The molecule has 1 aromatic carbocycles. The summed E-state index contributed by atoms with van der Waals surface area (Å²) in [5, 5.41) is 8.78. The predicted octanol–water partition coefficient (Wildman–Crippen LogP) is 1.01. The molecule has 0 bridgehead atoms. The molecule has 0 spiro atoms. The molecule has 14 heavy (non-hydrogen) atoms. The number of nitrogens with zero attached hydrogens (tertiary/aromatic N) is 2. The van der Waals surface area contributed by atoms with Crippen LogP contribution >= 0.6 is 0 Å². The largest absolute Gasteiger partial charge is 0.368 e. The van der Waals surface area contributed by atoms with Gasteiger partial charge in [0, 0.05) is 24.8 Å². The van der Waals surface area contributed by atoms with Gasteiger partial charge in [-0.05, 0) is 30.7 Å². The Bertz CT molecular complexity index is 386. The van der Waals surface area contributed by atoms with Crippen LogP contribution in [-0.4, -0.2) is 19.1 Å². The molecule has 1 aliphatic rings. The highest BCUT2D eigenvalue weighted by Crippen LogP contribution is 2.22. The maximum Gasteiger partial charge on any atom is 0.0994 e. The molecule has 0 unspecified atom stereocenters. The third-order valence-corrected chi connectivity index (χ3v) is 2.61. The van der Waals surface area contributed by atoms with Gasteiger partial charge < -0.3 is 10.6 Å². The van der Waals surface area contributed by atoms with E-state index in [0.29, 0.717) is 6.04 Å². The van der Waals surface area contributed by atoms with Crippen LogP contribution < -0.4 is 10.6 Å². The number of anilines is 1. The van der Waals surface area contributed by atoms with Gasteiger partial charge >= 0.3 is 0 Å². The Morgan fingerprint density at radius 2 is 2.21 bits per heavy atom. The fourth-order valence-corrected chi connectivity index (χ4v) is 1.69. The van der Waals surface area contributed by atoms with E-state index in [4.69, 9.17) is 11.0 Å².